The van der Waals surface area contributed by atoms with Gasteiger partial charge in [-0.3, -0.25) is 0 Å². The third kappa shape index (κ3) is 2.72. The van der Waals surface area contributed by atoms with Crippen molar-refractivity contribution in [3.63, 3.8) is 0 Å². The van der Waals surface area contributed by atoms with Crippen LogP contribution in [0, 0.1) is 3.57 Å². The summed E-state index contributed by atoms with van der Waals surface area (Å²) in [7, 11) is 0. The molecule has 1 saturated heterocycles. The molecule has 0 saturated carbocycles. The van der Waals surface area contributed by atoms with Gasteiger partial charge in [0.1, 0.15) is 6.10 Å². The van der Waals surface area contributed by atoms with E-state index in [1.165, 1.54) is 0 Å². The average molecular weight is 373 g/mol. The first kappa shape index (κ1) is 12.8. The molecule has 1 fully saturated rings. The number of nitrogens with two attached hydrogens (primary N) is 1. The van der Waals surface area contributed by atoms with Crippen molar-refractivity contribution in [2.24, 2.45) is 0 Å². The number of rotatable bonds is 2. The Hall–Kier alpha value is -1.19. The van der Waals surface area contributed by atoms with Gasteiger partial charge in [0.25, 0.3) is 5.89 Å². The third-order valence-corrected chi connectivity index (χ3v) is 3.46. The summed E-state index contributed by atoms with van der Waals surface area (Å²) in [6, 6.07) is 5.65. The molecule has 3 rings (SSSR count). The summed E-state index contributed by atoms with van der Waals surface area (Å²) < 4.78 is 17.2. The SMILES string of the molecule is Nc1ccc(I)cc1-c1nc(C2COCCO2)no1. The molecule has 1 aromatic heterocycles. The van der Waals surface area contributed by atoms with E-state index in [0.29, 0.717) is 37.2 Å². The van der Waals surface area contributed by atoms with Crippen molar-refractivity contribution in [3.05, 3.63) is 27.6 Å². The Bertz CT molecular complexity index is 581. The minimum absolute atomic E-state index is 0.268. The zero-order chi connectivity index (χ0) is 13.2. The van der Waals surface area contributed by atoms with Gasteiger partial charge in [-0.15, -0.1) is 0 Å². The number of hydrogen-bond acceptors (Lipinski definition) is 6. The molecule has 1 atom stereocenters. The molecular formula is C12H12IN3O3. The number of halogens is 1. The van der Waals surface area contributed by atoms with Crippen molar-refractivity contribution in [2.75, 3.05) is 25.6 Å². The number of ether oxygens (including phenoxy) is 2. The molecule has 6 nitrogen and oxygen atoms in total. The van der Waals surface area contributed by atoms with Gasteiger partial charge in [0, 0.05) is 9.26 Å². The Kier molecular flexibility index (Phi) is 3.67. The van der Waals surface area contributed by atoms with E-state index in [4.69, 9.17) is 19.7 Å². The lowest BCUT2D eigenvalue weighted by Crippen LogP contribution is -2.22. The first-order chi connectivity index (χ1) is 9.24. The monoisotopic (exact) mass is 373 g/mol. The summed E-state index contributed by atoms with van der Waals surface area (Å²) in [4.78, 5) is 4.34. The van der Waals surface area contributed by atoms with Crippen LogP contribution in [0.2, 0.25) is 0 Å². The Morgan fingerprint density at radius 1 is 1.32 bits per heavy atom. The van der Waals surface area contributed by atoms with E-state index in [1.807, 2.05) is 18.2 Å². The normalized spacial score (nSPS) is 19.5. The highest BCUT2D eigenvalue weighted by Gasteiger charge is 2.23. The molecule has 0 radical (unpaired) electrons. The van der Waals surface area contributed by atoms with Gasteiger partial charge in [-0.05, 0) is 40.8 Å². The molecule has 0 bridgehead atoms. The second kappa shape index (κ2) is 5.43. The van der Waals surface area contributed by atoms with Crippen molar-refractivity contribution < 1.29 is 14.0 Å². The van der Waals surface area contributed by atoms with Gasteiger partial charge < -0.3 is 19.7 Å². The highest BCUT2D eigenvalue weighted by atomic mass is 127. The van der Waals surface area contributed by atoms with Crippen LogP contribution in [-0.4, -0.2) is 30.0 Å². The lowest BCUT2D eigenvalue weighted by Gasteiger charge is -2.19. The molecule has 0 aliphatic carbocycles. The zero-order valence-corrected chi connectivity index (χ0v) is 12.2. The second-order valence-corrected chi connectivity index (χ2v) is 5.37. The predicted molar refractivity (Wildman–Crippen MR) is 76.4 cm³/mol. The summed E-state index contributed by atoms with van der Waals surface area (Å²) in [6.45, 7) is 1.59. The number of hydrogen-bond donors (Lipinski definition) is 1. The molecular weight excluding hydrogens is 361 g/mol. The minimum Gasteiger partial charge on any atom is -0.398 e. The van der Waals surface area contributed by atoms with Crippen LogP contribution < -0.4 is 5.73 Å². The van der Waals surface area contributed by atoms with Crippen molar-refractivity contribution in [2.45, 2.75) is 6.10 Å². The third-order valence-electron chi connectivity index (χ3n) is 2.79. The van der Waals surface area contributed by atoms with Crippen LogP contribution in [0.5, 0.6) is 0 Å². The average Bonchev–Trinajstić information content (AvgIpc) is 2.92. The molecule has 7 heteroatoms. The highest BCUT2D eigenvalue weighted by Crippen LogP contribution is 2.28. The maximum absolute atomic E-state index is 5.92. The lowest BCUT2D eigenvalue weighted by molar-refractivity contribution is -0.0941. The summed E-state index contributed by atoms with van der Waals surface area (Å²) in [5.41, 5.74) is 7.27. The number of benzene rings is 1. The first-order valence-corrected chi connectivity index (χ1v) is 6.90. The van der Waals surface area contributed by atoms with Gasteiger partial charge >= 0.3 is 0 Å². The Balaban J connectivity index is 1.89. The number of nitrogen functional groups attached to an aromatic ring is 1. The summed E-state index contributed by atoms with van der Waals surface area (Å²) in [6.07, 6.45) is -0.268. The fourth-order valence-electron chi connectivity index (χ4n) is 1.83. The maximum Gasteiger partial charge on any atom is 0.260 e. The fraction of sp³-hybridized carbons (Fsp3) is 0.333. The Morgan fingerprint density at radius 3 is 3.00 bits per heavy atom. The lowest BCUT2D eigenvalue weighted by atomic mass is 10.2. The first-order valence-electron chi connectivity index (χ1n) is 5.82. The molecule has 0 spiro atoms. The number of nitrogens with zero attached hydrogens (tertiary/aromatic N) is 2. The van der Waals surface area contributed by atoms with Gasteiger partial charge in [0.2, 0.25) is 5.82 Å². The summed E-state index contributed by atoms with van der Waals surface area (Å²) >= 11 is 2.21. The van der Waals surface area contributed by atoms with E-state index in [-0.39, 0.29) is 6.10 Å². The van der Waals surface area contributed by atoms with Crippen molar-refractivity contribution in [1.82, 2.24) is 10.1 Å². The largest absolute Gasteiger partial charge is 0.398 e. The quantitative estimate of drug-likeness (QED) is 0.641. The predicted octanol–water partition coefficient (Wildman–Crippen LogP) is 2.01. The van der Waals surface area contributed by atoms with E-state index in [9.17, 15) is 0 Å². The Labute approximate surface area is 123 Å². The molecule has 1 aromatic carbocycles. The molecule has 2 aromatic rings. The molecule has 2 N–H and O–H groups in total. The van der Waals surface area contributed by atoms with E-state index in [1.54, 1.807) is 0 Å². The number of anilines is 1. The minimum atomic E-state index is -0.268. The molecule has 0 amide bonds. The van der Waals surface area contributed by atoms with Crippen LogP contribution in [0.3, 0.4) is 0 Å². The van der Waals surface area contributed by atoms with Crippen molar-refractivity contribution in [1.29, 1.82) is 0 Å². The van der Waals surface area contributed by atoms with E-state index in [2.05, 4.69) is 32.7 Å². The molecule has 2 heterocycles. The standard InChI is InChI=1S/C12H12IN3O3/c13-7-1-2-9(14)8(5-7)12-15-11(16-19-12)10-6-17-3-4-18-10/h1-2,5,10H,3-4,6,14H2. The van der Waals surface area contributed by atoms with Crippen LogP contribution in [0.1, 0.15) is 11.9 Å². The molecule has 1 unspecified atom stereocenters. The van der Waals surface area contributed by atoms with Crippen LogP contribution in [0.4, 0.5) is 5.69 Å². The topological polar surface area (TPSA) is 83.4 Å². The molecule has 1 aliphatic heterocycles. The van der Waals surface area contributed by atoms with Crippen molar-refractivity contribution >= 4 is 28.3 Å². The zero-order valence-electron chi connectivity index (χ0n) is 10.0. The molecule has 19 heavy (non-hydrogen) atoms. The maximum atomic E-state index is 5.92. The highest BCUT2D eigenvalue weighted by molar-refractivity contribution is 14.1. The van der Waals surface area contributed by atoms with Gasteiger partial charge in [-0.1, -0.05) is 5.16 Å². The smallest absolute Gasteiger partial charge is 0.260 e. The van der Waals surface area contributed by atoms with Gasteiger partial charge in [0.05, 0.1) is 25.4 Å². The van der Waals surface area contributed by atoms with Crippen LogP contribution in [0.25, 0.3) is 11.5 Å². The molecule has 100 valence electrons. The van der Waals surface area contributed by atoms with Crippen molar-refractivity contribution in [3.8, 4) is 11.5 Å². The number of aromatic nitrogens is 2. The second-order valence-electron chi connectivity index (χ2n) is 4.12. The van der Waals surface area contributed by atoms with E-state index < -0.39 is 0 Å². The van der Waals surface area contributed by atoms with Crippen LogP contribution in [0.15, 0.2) is 22.7 Å². The summed E-state index contributed by atoms with van der Waals surface area (Å²) in [5.74, 6) is 0.896. The van der Waals surface area contributed by atoms with E-state index in [0.717, 1.165) is 9.13 Å². The summed E-state index contributed by atoms with van der Waals surface area (Å²) in [5, 5.41) is 3.94. The van der Waals surface area contributed by atoms with E-state index >= 15 is 0 Å². The van der Waals surface area contributed by atoms with Gasteiger partial charge in [-0.2, -0.15) is 4.98 Å². The van der Waals surface area contributed by atoms with Gasteiger partial charge in [-0.25, -0.2) is 0 Å². The fourth-order valence-corrected chi connectivity index (χ4v) is 2.32. The molecule has 1 aliphatic rings. The Morgan fingerprint density at radius 2 is 2.21 bits per heavy atom. The van der Waals surface area contributed by atoms with Crippen LogP contribution >= 0.6 is 22.6 Å². The van der Waals surface area contributed by atoms with Gasteiger partial charge in [0.15, 0.2) is 0 Å². The van der Waals surface area contributed by atoms with Crippen LogP contribution in [-0.2, 0) is 9.47 Å².